The normalized spacial score (nSPS) is 17.3. The van der Waals surface area contributed by atoms with Gasteiger partial charge in [0.05, 0.1) is 34.6 Å². The Morgan fingerprint density at radius 2 is 1.81 bits per heavy atom. The summed E-state index contributed by atoms with van der Waals surface area (Å²) in [5.74, 6) is -1.17. The van der Waals surface area contributed by atoms with Gasteiger partial charge in [-0.2, -0.15) is 0 Å². The summed E-state index contributed by atoms with van der Waals surface area (Å²) in [4.78, 5) is 37.7. The number of rotatable bonds is 4. The van der Waals surface area contributed by atoms with Gasteiger partial charge < -0.3 is 14.2 Å². The van der Waals surface area contributed by atoms with Crippen LogP contribution in [0.4, 0.5) is 5.13 Å². The summed E-state index contributed by atoms with van der Waals surface area (Å²) in [7, 11) is 1.58. The van der Waals surface area contributed by atoms with Crippen molar-refractivity contribution < 1.29 is 19.4 Å². The van der Waals surface area contributed by atoms with Crippen molar-refractivity contribution in [2.75, 3.05) is 12.0 Å². The van der Waals surface area contributed by atoms with Crippen LogP contribution < -0.4 is 9.64 Å². The van der Waals surface area contributed by atoms with Gasteiger partial charge >= 0.3 is 5.91 Å². The van der Waals surface area contributed by atoms with E-state index in [1.165, 1.54) is 16.2 Å². The number of aliphatic hydroxyl groups excluding tert-OH is 1. The highest BCUT2D eigenvalue weighted by Crippen LogP contribution is 2.44. The monoisotopic (exact) mass is 510 g/mol. The Hall–Kier alpha value is -4.50. The Morgan fingerprint density at radius 1 is 1.03 bits per heavy atom. The summed E-state index contributed by atoms with van der Waals surface area (Å²) in [5.41, 5.74) is 3.88. The minimum absolute atomic E-state index is 0.0165. The molecule has 1 atom stereocenters. The SMILES string of the molecule is COc1ccc2nc(N3C(=O)C(=O)C(=C(O)c4nc5c(C)cccn5c4C)C3c3ccccc3)sc2c1. The molecule has 5 aromatic rings. The molecule has 0 bridgehead atoms. The zero-order chi connectivity index (χ0) is 25.8. The van der Waals surface area contributed by atoms with Crippen molar-refractivity contribution in [1.82, 2.24) is 14.4 Å². The Bertz CT molecular complexity index is 1750. The minimum atomic E-state index is -0.867. The number of aryl methyl sites for hydroxylation is 2. The first kappa shape index (κ1) is 22.9. The summed E-state index contributed by atoms with van der Waals surface area (Å²) in [5, 5.41) is 11.9. The number of hydrogen-bond donors (Lipinski definition) is 1. The zero-order valence-electron chi connectivity index (χ0n) is 20.3. The summed E-state index contributed by atoms with van der Waals surface area (Å²) >= 11 is 1.28. The van der Waals surface area contributed by atoms with Crippen molar-refractivity contribution in [2.24, 2.45) is 0 Å². The number of fused-ring (bicyclic) bond motifs is 2. The summed E-state index contributed by atoms with van der Waals surface area (Å²) in [6, 6.07) is 17.6. The number of aliphatic hydroxyl groups is 1. The van der Waals surface area contributed by atoms with E-state index < -0.39 is 17.7 Å². The molecule has 1 N–H and O–H groups in total. The highest BCUT2D eigenvalue weighted by Gasteiger charge is 2.48. The van der Waals surface area contributed by atoms with E-state index in [0.29, 0.717) is 33.3 Å². The van der Waals surface area contributed by atoms with E-state index >= 15 is 0 Å². The number of benzene rings is 2. The second kappa shape index (κ2) is 8.56. The number of carbonyl (C=O) groups excluding carboxylic acids is 2. The first-order valence-electron chi connectivity index (χ1n) is 11.6. The van der Waals surface area contributed by atoms with Gasteiger partial charge in [-0.15, -0.1) is 0 Å². The Labute approximate surface area is 216 Å². The third-order valence-electron chi connectivity index (χ3n) is 6.66. The Morgan fingerprint density at radius 3 is 2.54 bits per heavy atom. The largest absolute Gasteiger partial charge is 0.505 e. The molecule has 9 heteroatoms. The lowest BCUT2D eigenvalue weighted by Crippen LogP contribution is -2.29. The fourth-order valence-corrected chi connectivity index (χ4v) is 5.80. The number of hydrogen-bond acceptors (Lipinski definition) is 7. The summed E-state index contributed by atoms with van der Waals surface area (Å²) in [6.45, 7) is 3.75. The quantitative estimate of drug-likeness (QED) is 0.203. The molecule has 3 aromatic heterocycles. The van der Waals surface area contributed by atoms with Gasteiger partial charge in [0, 0.05) is 6.20 Å². The number of ether oxygens (including phenoxy) is 1. The van der Waals surface area contributed by atoms with Crippen molar-refractivity contribution in [3.8, 4) is 5.75 Å². The zero-order valence-corrected chi connectivity index (χ0v) is 21.1. The Kier molecular flexibility index (Phi) is 5.31. The first-order chi connectivity index (χ1) is 17.9. The summed E-state index contributed by atoms with van der Waals surface area (Å²) in [6.07, 6.45) is 1.85. The number of Topliss-reactive ketones (excluding diaryl/α,β-unsaturated/α-hetero) is 1. The molecule has 4 heterocycles. The number of carbonyl (C=O) groups is 2. The van der Waals surface area contributed by atoms with Crippen LogP contribution in [-0.4, -0.2) is 38.3 Å². The second-order valence-electron chi connectivity index (χ2n) is 8.84. The fourth-order valence-electron chi connectivity index (χ4n) is 4.78. The van der Waals surface area contributed by atoms with E-state index in [-0.39, 0.29) is 17.0 Å². The standard InChI is InChI=1S/C28H22N4O4S/c1-15-8-7-13-31-16(2)22(30-26(15)31)24(33)21-23(17-9-5-4-6-10-17)32(27(35)25(21)34)28-29-19-12-11-18(36-3)14-20(19)37-28/h4-14,23,33H,1-3H3. The van der Waals surface area contributed by atoms with Crippen LogP contribution in [0, 0.1) is 13.8 Å². The molecule has 0 aliphatic carbocycles. The number of thiazole rings is 1. The molecule has 2 aromatic carbocycles. The topological polar surface area (TPSA) is 97.0 Å². The van der Waals surface area contributed by atoms with E-state index in [1.54, 1.807) is 13.2 Å². The number of nitrogens with zero attached hydrogens (tertiary/aromatic N) is 4. The number of aromatic nitrogens is 3. The lowest BCUT2D eigenvalue weighted by Gasteiger charge is -2.22. The number of anilines is 1. The van der Waals surface area contributed by atoms with Crippen LogP contribution in [-0.2, 0) is 9.59 Å². The number of pyridine rings is 1. The highest BCUT2D eigenvalue weighted by molar-refractivity contribution is 7.22. The van der Waals surface area contributed by atoms with Gasteiger partial charge in [-0.1, -0.05) is 47.7 Å². The molecule has 1 fully saturated rings. The maximum absolute atomic E-state index is 13.5. The van der Waals surface area contributed by atoms with Gasteiger partial charge in [-0.05, 0) is 49.2 Å². The predicted molar refractivity (Wildman–Crippen MR) is 142 cm³/mol. The van der Waals surface area contributed by atoms with Gasteiger partial charge in [0.1, 0.15) is 17.1 Å². The fraction of sp³-hybridized carbons (Fsp3) is 0.143. The van der Waals surface area contributed by atoms with Crippen LogP contribution in [0.5, 0.6) is 5.75 Å². The minimum Gasteiger partial charge on any atom is -0.505 e. The summed E-state index contributed by atoms with van der Waals surface area (Å²) < 4.78 is 8.00. The van der Waals surface area contributed by atoms with Gasteiger partial charge in [0.25, 0.3) is 5.78 Å². The van der Waals surface area contributed by atoms with E-state index in [2.05, 4.69) is 9.97 Å². The number of methoxy groups -OCH3 is 1. The molecule has 184 valence electrons. The van der Waals surface area contributed by atoms with Crippen molar-refractivity contribution >= 4 is 49.8 Å². The molecule has 1 aliphatic rings. The van der Waals surface area contributed by atoms with Crippen LogP contribution in [0.25, 0.3) is 21.6 Å². The molecule has 0 radical (unpaired) electrons. The molecule has 8 nitrogen and oxygen atoms in total. The Balaban J connectivity index is 1.58. The molecular weight excluding hydrogens is 488 g/mol. The smallest absolute Gasteiger partial charge is 0.301 e. The molecule has 0 saturated carbocycles. The van der Waals surface area contributed by atoms with Crippen LogP contribution in [0.2, 0.25) is 0 Å². The molecule has 1 unspecified atom stereocenters. The van der Waals surface area contributed by atoms with Gasteiger partial charge in [0.15, 0.2) is 10.9 Å². The molecular formula is C28H22N4O4S. The first-order valence-corrected chi connectivity index (χ1v) is 12.5. The average molecular weight is 511 g/mol. The molecule has 1 amide bonds. The van der Waals surface area contributed by atoms with Crippen molar-refractivity contribution in [3.63, 3.8) is 0 Å². The highest BCUT2D eigenvalue weighted by atomic mass is 32.1. The second-order valence-corrected chi connectivity index (χ2v) is 9.85. The molecule has 6 rings (SSSR count). The van der Waals surface area contributed by atoms with E-state index in [0.717, 1.165) is 10.3 Å². The third-order valence-corrected chi connectivity index (χ3v) is 7.68. The van der Waals surface area contributed by atoms with Crippen molar-refractivity contribution in [1.29, 1.82) is 0 Å². The molecule has 1 saturated heterocycles. The maximum Gasteiger partial charge on any atom is 0.301 e. The number of ketones is 1. The van der Waals surface area contributed by atoms with Crippen LogP contribution in [0.3, 0.4) is 0 Å². The van der Waals surface area contributed by atoms with E-state index in [4.69, 9.17) is 4.74 Å². The number of imidazole rings is 1. The van der Waals surface area contributed by atoms with E-state index in [9.17, 15) is 14.7 Å². The molecule has 37 heavy (non-hydrogen) atoms. The molecule has 0 spiro atoms. The van der Waals surface area contributed by atoms with Gasteiger partial charge in [0.2, 0.25) is 0 Å². The van der Waals surface area contributed by atoms with Crippen molar-refractivity contribution in [2.45, 2.75) is 19.9 Å². The van der Waals surface area contributed by atoms with Crippen LogP contribution in [0.15, 0.2) is 72.4 Å². The average Bonchev–Trinajstić information content (AvgIpc) is 3.56. The lowest BCUT2D eigenvalue weighted by molar-refractivity contribution is -0.132. The molecule has 1 aliphatic heterocycles. The van der Waals surface area contributed by atoms with Crippen LogP contribution in [0.1, 0.15) is 28.6 Å². The number of amides is 1. The van der Waals surface area contributed by atoms with Gasteiger partial charge in [-0.3, -0.25) is 14.5 Å². The van der Waals surface area contributed by atoms with E-state index in [1.807, 2.05) is 79.0 Å². The maximum atomic E-state index is 13.5. The predicted octanol–water partition coefficient (Wildman–Crippen LogP) is 5.20. The third kappa shape index (κ3) is 3.50. The van der Waals surface area contributed by atoms with Crippen LogP contribution >= 0.6 is 11.3 Å². The van der Waals surface area contributed by atoms with Gasteiger partial charge in [-0.25, -0.2) is 9.97 Å². The lowest BCUT2D eigenvalue weighted by atomic mass is 9.96. The van der Waals surface area contributed by atoms with Crippen molar-refractivity contribution in [3.05, 3.63) is 94.9 Å².